The zero-order valence-corrected chi connectivity index (χ0v) is 17.6. The molecule has 6 nitrogen and oxygen atoms in total. The molecule has 0 bridgehead atoms. The molecule has 0 spiro atoms. The predicted octanol–water partition coefficient (Wildman–Crippen LogP) is 3.84. The SMILES string of the molecule is CCN(CC)c1ccc2cc(-c3ccc(C=C(C#N)S(N)(=O)=O)n3C)ccc2c1. The van der Waals surface area contributed by atoms with E-state index in [2.05, 4.69) is 49.1 Å². The highest BCUT2D eigenvalue weighted by atomic mass is 32.2. The third kappa shape index (κ3) is 4.19. The Hall–Kier alpha value is -3.08. The van der Waals surface area contributed by atoms with Gasteiger partial charge < -0.3 is 9.47 Å². The molecule has 2 N–H and O–H groups in total. The first kappa shape index (κ1) is 20.6. The second kappa shape index (κ2) is 8.11. The summed E-state index contributed by atoms with van der Waals surface area (Å²) in [5, 5.41) is 16.4. The summed E-state index contributed by atoms with van der Waals surface area (Å²) in [5.74, 6) is 0. The molecule has 2 aromatic carbocycles. The van der Waals surface area contributed by atoms with Gasteiger partial charge in [0, 0.05) is 37.2 Å². The summed E-state index contributed by atoms with van der Waals surface area (Å²) in [6.45, 7) is 6.21. The van der Waals surface area contributed by atoms with Gasteiger partial charge in [-0.15, -0.1) is 0 Å². The largest absolute Gasteiger partial charge is 0.372 e. The number of hydrogen-bond donors (Lipinski definition) is 1. The quantitative estimate of drug-likeness (QED) is 0.627. The van der Waals surface area contributed by atoms with Crippen LogP contribution in [0.3, 0.4) is 0 Å². The molecule has 0 aliphatic heterocycles. The van der Waals surface area contributed by atoms with Crippen molar-refractivity contribution < 1.29 is 8.42 Å². The number of fused-ring (bicyclic) bond motifs is 1. The van der Waals surface area contributed by atoms with Crippen molar-refractivity contribution in [3.8, 4) is 17.3 Å². The van der Waals surface area contributed by atoms with Crippen LogP contribution in [0.5, 0.6) is 0 Å². The van der Waals surface area contributed by atoms with Crippen LogP contribution < -0.4 is 10.0 Å². The Balaban J connectivity index is 2.02. The molecule has 3 rings (SSSR count). The van der Waals surface area contributed by atoms with Crippen LogP contribution in [0.4, 0.5) is 5.69 Å². The zero-order chi connectivity index (χ0) is 21.2. The maximum Gasteiger partial charge on any atom is 0.248 e. The molecule has 0 aliphatic rings. The Morgan fingerprint density at radius 1 is 1.10 bits per heavy atom. The molecular formula is C22H24N4O2S. The number of primary sulfonamides is 1. The first-order chi connectivity index (χ1) is 13.8. The van der Waals surface area contributed by atoms with Gasteiger partial charge in [0.1, 0.15) is 6.07 Å². The number of sulfonamides is 1. The molecular weight excluding hydrogens is 384 g/mol. The van der Waals surface area contributed by atoms with Gasteiger partial charge in [0.05, 0.1) is 0 Å². The van der Waals surface area contributed by atoms with Crippen LogP contribution in [-0.2, 0) is 17.1 Å². The summed E-state index contributed by atoms with van der Waals surface area (Å²) in [6.07, 6.45) is 1.29. The second-order valence-electron chi connectivity index (χ2n) is 6.79. The van der Waals surface area contributed by atoms with Gasteiger partial charge >= 0.3 is 0 Å². The van der Waals surface area contributed by atoms with E-state index in [1.165, 1.54) is 11.8 Å². The van der Waals surface area contributed by atoms with Crippen LogP contribution in [0, 0.1) is 11.3 Å². The normalized spacial score (nSPS) is 12.2. The molecule has 1 heterocycles. The molecule has 1 aromatic heterocycles. The highest BCUT2D eigenvalue weighted by Gasteiger charge is 2.14. The fourth-order valence-corrected chi connectivity index (χ4v) is 3.86. The van der Waals surface area contributed by atoms with Gasteiger partial charge in [0.25, 0.3) is 0 Å². The minimum atomic E-state index is -4.05. The van der Waals surface area contributed by atoms with E-state index in [-0.39, 0.29) is 0 Å². The standard InChI is InChI=1S/C22H24N4O2S/c1-4-26(5-2)20-9-8-16-12-18(7-6-17(16)13-20)22-11-10-19(25(22)3)14-21(15-23)29(24,27)28/h6-14H,4-5H2,1-3H3,(H2,24,27,28). The molecule has 0 saturated heterocycles. The van der Waals surface area contributed by atoms with Crippen LogP contribution in [0.1, 0.15) is 19.5 Å². The molecule has 0 radical (unpaired) electrons. The van der Waals surface area contributed by atoms with Crippen molar-refractivity contribution in [2.45, 2.75) is 13.8 Å². The zero-order valence-electron chi connectivity index (χ0n) is 16.8. The van der Waals surface area contributed by atoms with E-state index in [4.69, 9.17) is 10.4 Å². The monoisotopic (exact) mass is 408 g/mol. The van der Waals surface area contributed by atoms with E-state index in [9.17, 15) is 8.42 Å². The lowest BCUT2D eigenvalue weighted by atomic mass is 10.0. The number of benzene rings is 2. The fraction of sp³-hybridized carbons (Fsp3) is 0.227. The molecule has 0 atom stereocenters. The van der Waals surface area contributed by atoms with Gasteiger partial charge in [0.2, 0.25) is 10.0 Å². The Morgan fingerprint density at radius 2 is 1.76 bits per heavy atom. The van der Waals surface area contributed by atoms with E-state index >= 15 is 0 Å². The number of aromatic nitrogens is 1. The van der Waals surface area contributed by atoms with Crippen molar-refractivity contribution in [1.82, 2.24) is 4.57 Å². The number of nitrogens with two attached hydrogens (primary N) is 1. The summed E-state index contributed by atoms with van der Waals surface area (Å²) in [5.41, 5.74) is 3.71. The summed E-state index contributed by atoms with van der Waals surface area (Å²) < 4.78 is 24.8. The molecule has 0 aliphatic carbocycles. The lowest BCUT2D eigenvalue weighted by Crippen LogP contribution is -2.21. The maximum absolute atomic E-state index is 11.5. The Morgan fingerprint density at radius 3 is 2.38 bits per heavy atom. The third-order valence-electron chi connectivity index (χ3n) is 5.10. The lowest BCUT2D eigenvalue weighted by Gasteiger charge is -2.21. The van der Waals surface area contributed by atoms with Crippen molar-refractivity contribution in [3.05, 3.63) is 59.1 Å². The van der Waals surface area contributed by atoms with Gasteiger partial charge in [-0.05, 0) is 66.6 Å². The number of nitrogens with zero attached hydrogens (tertiary/aromatic N) is 3. The van der Waals surface area contributed by atoms with Crippen LogP contribution >= 0.6 is 0 Å². The van der Waals surface area contributed by atoms with Crippen LogP contribution in [-0.4, -0.2) is 26.1 Å². The predicted molar refractivity (Wildman–Crippen MR) is 119 cm³/mol. The van der Waals surface area contributed by atoms with Crippen LogP contribution in [0.15, 0.2) is 53.4 Å². The summed E-state index contributed by atoms with van der Waals surface area (Å²) in [4.78, 5) is 1.84. The van der Waals surface area contributed by atoms with E-state index in [0.717, 1.165) is 35.1 Å². The maximum atomic E-state index is 11.5. The molecule has 150 valence electrons. The van der Waals surface area contributed by atoms with Crippen molar-refractivity contribution in [3.63, 3.8) is 0 Å². The van der Waals surface area contributed by atoms with Gasteiger partial charge in [-0.2, -0.15) is 5.26 Å². The Kier molecular flexibility index (Phi) is 5.78. The molecule has 0 fully saturated rings. The minimum Gasteiger partial charge on any atom is -0.372 e. The summed E-state index contributed by atoms with van der Waals surface area (Å²) in [6, 6.07) is 18.0. The summed E-state index contributed by atoms with van der Waals surface area (Å²) >= 11 is 0. The topological polar surface area (TPSA) is 92.1 Å². The van der Waals surface area contributed by atoms with Crippen molar-refractivity contribution in [2.24, 2.45) is 12.2 Å². The molecule has 29 heavy (non-hydrogen) atoms. The third-order valence-corrected chi connectivity index (χ3v) is 5.93. The van der Waals surface area contributed by atoms with Gasteiger partial charge in [-0.1, -0.05) is 18.2 Å². The fourth-order valence-electron chi connectivity index (χ4n) is 3.45. The minimum absolute atomic E-state index is 0.465. The molecule has 7 heteroatoms. The van der Waals surface area contributed by atoms with Crippen molar-refractivity contribution in [1.29, 1.82) is 5.26 Å². The first-order valence-corrected chi connectivity index (χ1v) is 10.9. The highest BCUT2D eigenvalue weighted by Crippen LogP contribution is 2.29. The van der Waals surface area contributed by atoms with Gasteiger partial charge in [-0.3, -0.25) is 0 Å². The highest BCUT2D eigenvalue weighted by molar-refractivity contribution is 7.93. The summed E-state index contributed by atoms with van der Waals surface area (Å²) in [7, 11) is -2.22. The Bertz CT molecular complexity index is 1230. The molecule has 3 aromatic rings. The van der Waals surface area contributed by atoms with E-state index in [0.29, 0.717) is 5.69 Å². The molecule has 0 unspecified atom stereocenters. The lowest BCUT2D eigenvalue weighted by molar-refractivity contribution is 0.605. The van der Waals surface area contributed by atoms with Gasteiger partial charge in [0.15, 0.2) is 4.91 Å². The van der Waals surface area contributed by atoms with Crippen LogP contribution in [0.2, 0.25) is 0 Å². The smallest absolute Gasteiger partial charge is 0.248 e. The number of hydrogen-bond acceptors (Lipinski definition) is 4. The number of nitriles is 1. The average molecular weight is 409 g/mol. The van der Waals surface area contributed by atoms with Crippen molar-refractivity contribution >= 4 is 32.6 Å². The van der Waals surface area contributed by atoms with E-state index in [1.807, 2.05) is 23.7 Å². The molecule has 0 saturated carbocycles. The van der Waals surface area contributed by atoms with Gasteiger partial charge in [-0.25, -0.2) is 13.6 Å². The number of allylic oxidation sites excluding steroid dienone is 1. The Labute approximate surface area is 171 Å². The second-order valence-corrected chi connectivity index (χ2v) is 8.32. The van der Waals surface area contributed by atoms with Crippen molar-refractivity contribution in [2.75, 3.05) is 18.0 Å². The molecule has 0 amide bonds. The van der Waals surface area contributed by atoms with Crippen LogP contribution in [0.25, 0.3) is 28.1 Å². The number of rotatable bonds is 6. The first-order valence-electron chi connectivity index (χ1n) is 9.38. The van der Waals surface area contributed by atoms with E-state index in [1.54, 1.807) is 12.1 Å². The number of anilines is 1. The average Bonchev–Trinajstić information content (AvgIpc) is 3.06. The van der Waals surface area contributed by atoms with E-state index < -0.39 is 14.9 Å².